The lowest BCUT2D eigenvalue weighted by atomic mass is 10.0. The number of fused-ring (bicyclic) bond motifs is 1. The summed E-state index contributed by atoms with van der Waals surface area (Å²) in [6, 6.07) is 13.2. The number of phenolic OH excluding ortho intramolecular Hbond substituents is 1. The third-order valence-electron chi connectivity index (χ3n) is 4.87. The fourth-order valence-electron chi connectivity index (χ4n) is 3.31. The standard InChI is InChI=1S/C19H19NO7P2/c1-28(23)19(22,11-13-5-4-10-20-12-13)29(24,25)27-18(26-28)17-15-7-3-2-6-14(15)8-9-16(17)21/h2-10,12,18,21-23H,1,11H2,(H,24,25). The Labute approximate surface area is 166 Å². The van der Waals surface area contributed by atoms with Gasteiger partial charge in [0.25, 0.3) is 0 Å². The van der Waals surface area contributed by atoms with Gasteiger partial charge >= 0.3 is 7.60 Å². The van der Waals surface area contributed by atoms with E-state index in [1.165, 1.54) is 18.5 Å². The summed E-state index contributed by atoms with van der Waals surface area (Å²) < 4.78 is 23.9. The molecule has 29 heavy (non-hydrogen) atoms. The number of rotatable bonds is 3. The van der Waals surface area contributed by atoms with Gasteiger partial charge in [0.05, 0.1) is 5.56 Å². The zero-order valence-electron chi connectivity index (χ0n) is 15.1. The Morgan fingerprint density at radius 2 is 1.86 bits per heavy atom. The highest BCUT2D eigenvalue weighted by Crippen LogP contribution is 2.79. The molecule has 0 bridgehead atoms. The van der Waals surface area contributed by atoms with E-state index in [0.29, 0.717) is 10.9 Å². The molecule has 152 valence electrons. The van der Waals surface area contributed by atoms with Gasteiger partial charge in [-0.15, -0.1) is 0 Å². The molecule has 1 aliphatic rings. The molecule has 4 N–H and O–H groups in total. The predicted molar refractivity (Wildman–Crippen MR) is 109 cm³/mol. The second-order valence-corrected chi connectivity index (χ2v) is 11.5. The van der Waals surface area contributed by atoms with Gasteiger partial charge in [0, 0.05) is 18.8 Å². The van der Waals surface area contributed by atoms with E-state index >= 15 is 0 Å². The first-order chi connectivity index (χ1) is 13.6. The predicted octanol–water partition coefficient (Wildman–Crippen LogP) is 3.33. The van der Waals surface area contributed by atoms with E-state index in [9.17, 15) is 24.6 Å². The quantitative estimate of drug-likeness (QED) is 0.461. The Hall–Kier alpha value is -2.02. The van der Waals surface area contributed by atoms with Crippen molar-refractivity contribution in [1.82, 2.24) is 4.98 Å². The highest BCUT2D eigenvalue weighted by atomic mass is 31.2. The molecule has 3 aromatic rings. The second-order valence-electron chi connectivity index (χ2n) is 6.80. The van der Waals surface area contributed by atoms with Crippen LogP contribution in [0.15, 0.2) is 60.9 Å². The molecule has 10 heteroatoms. The van der Waals surface area contributed by atoms with Gasteiger partial charge in [-0.05, 0) is 34.8 Å². The van der Waals surface area contributed by atoms with Crippen LogP contribution in [0.25, 0.3) is 10.8 Å². The van der Waals surface area contributed by atoms with Gasteiger partial charge < -0.3 is 20.0 Å². The minimum atomic E-state index is -4.89. The molecule has 1 aliphatic heterocycles. The number of benzene rings is 2. The Morgan fingerprint density at radius 3 is 2.55 bits per heavy atom. The highest BCUT2D eigenvalue weighted by Gasteiger charge is 2.62. The van der Waals surface area contributed by atoms with Crippen LogP contribution in [0.2, 0.25) is 0 Å². The summed E-state index contributed by atoms with van der Waals surface area (Å²) in [5.74, 6) is -0.244. The van der Waals surface area contributed by atoms with Gasteiger partial charge in [-0.1, -0.05) is 36.4 Å². The molecule has 4 atom stereocenters. The van der Waals surface area contributed by atoms with Crippen LogP contribution in [0.1, 0.15) is 17.4 Å². The molecular formula is C19H19NO7P2. The molecule has 4 unspecified atom stereocenters. The van der Waals surface area contributed by atoms with Crippen LogP contribution in [-0.4, -0.2) is 36.4 Å². The smallest absolute Gasteiger partial charge is 0.371 e. The number of aliphatic hydroxyl groups is 1. The van der Waals surface area contributed by atoms with Crippen molar-refractivity contribution in [3.8, 4) is 5.75 Å². The van der Waals surface area contributed by atoms with Crippen molar-refractivity contribution >= 4 is 32.0 Å². The van der Waals surface area contributed by atoms with Crippen molar-refractivity contribution in [1.29, 1.82) is 0 Å². The molecule has 0 radical (unpaired) electrons. The van der Waals surface area contributed by atoms with Gasteiger partial charge in [-0.3, -0.25) is 18.6 Å². The summed E-state index contributed by atoms with van der Waals surface area (Å²) in [4.78, 5) is 25.4. The lowest BCUT2D eigenvalue weighted by molar-refractivity contribution is -0.0474. The van der Waals surface area contributed by atoms with Crippen LogP contribution >= 0.6 is 14.9 Å². The van der Waals surface area contributed by atoms with Crippen LogP contribution in [-0.2, 0) is 20.0 Å². The number of aromatic nitrogens is 1. The molecule has 0 amide bonds. The molecule has 0 aliphatic carbocycles. The number of phenols is 1. The molecule has 2 heterocycles. The molecule has 1 aromatic heterocycles. The van der Waals surface area contributed by atoms with Crippen molar-refractivity contribution in [2.45, 2.75) is 17.8 Å². The zero-order chi connectivity index (χ0) is 20.9. The lowest BCUT2D eigenvalue weighted by Crippen LogP contribution is -2.38. The fraction of sp³-hybridized carbons (Fsp3) is 0.158. The van der Waals surface area contributed by atoms with E-state index in [4.69, 9.17) is 9.05 Å². The van der Waals surface area contributed by atoms with Gasteiger partial charge in [0.15, 0.2) is 7.34 Å². The Bertz CT molecular complexity index is 1140. The monoisotopic (exact) mass is 435 g/mol. The number of nitrogens with zero attached hydrogens (tertiary/aromatic N) is 1. The summed E-state index contributed by atoms with van der Waals surface area (Å²) in [6.45, 7) is 0. The molecule has 1 fully saturated rings. The molecular weight excluding hydrogens is 416 g/mol. The van der Waals surface area contributed by atoms with E-state index in [-0.39, 0.29) is 11.3 Å². The van der Waals surface area contributed by atoms with Crippen LogP contribution in [0, 0.1) is 0 Å². The average molecular weight is 435 g/mol. The average Bonchev–Trinajstić information content (AvgIpc) is 2.66. The maximum absolute atomic E-state index is 13.1. The van der Waals surface area contributed by atoms with E-state index < -0.39 is 32.7 Å². The zero-order valence-corrected chi connectivity index (χ0v) is 16.9. The normalized spacial score (nSPS) is 32.3. The largest absolute Gasteiger partial charge is 0.507 e. The SMILES string of the molecule is C=P1(O)OC(c2c(O)ccc3ccccc23)OP(=O)(O)C1(O)Cc1cccnc1. The van der Waals surface area contributed by atoms with Gasteiger partial charge in [-0.25, -0.2) is 0 Å². The second kappa shape index (κ2) is 7.04. The first kappa shape index (κ1) is 20.3. The van der Waals surface area contributed by atoms with Crippen molar-refractivity contribution in [3.63, 3.8) is 0 Å². The summed E-state index contributed by atoms with van der Waals surface area (Å²) in [7, 11) is -9.02. The van der Waals surface area contributed by atoms with Crippen molar-refractivity contribution in [2.24, 2.45) is 0 Å². The number of aromatic hydroxyl groups is 1. The Balaban J connectivity index is 1.79. The Kier molecular flexibility index (Phi) is 4.92. The number of hydrogen-bond donors (Lipinski definition) is 4. The third-order valence-corrected chi connectivity index (χ3v) is 9.92. The van der Waals surface area contributed by atoms with E-state index in [0.717, 1.165) is 5.39 Å². The molecule has 4 rings (SSSR count). The van der Waals surface area contributed by atoms with E-state index in [1.807, 2.05) is 0 Å². The molecule has 8 nitrogen and oxygen atoms in total. The van der Waals surface area contributed by atoms with Crippen LogP contribution < -0.4 is 0 Å². The molecule has 2 aromatic carbocycles. The Morgan fingerprint density at radius 1 is 1.10 bits per heavy atom. The van der Waals surface area contributed by atoms with Crippen molar-refractivity contribution < 1.29 is 33.6 Å². The minimum Gasteiger partial charge on any atom is -0.507 e. The van der Waals surface area contributed by atoms with Gasteiger partial charge in [-0.2, -0.15) is 0 Å². The summed E-state index contributed by atoms with van der Waals surface area (Å²) in [6.07, 6.45) is 4.39. The first-order valence-corrected chi connectivity index (χ1v) is 12.0. The first-order valence-electron chi connectivity index (χ1n) is 8.62. The topological polar surface area (TPSA) is 129 Å². The maximum Gasteiger partial charge on any atom is 0.371 e. The van der Waals surface area contributed by atoms with Crippen LogP contribution in [0.5, 0.6) is 5.75 Å². The fourth-order valence-corrected chi connectivity index (χ4v) is 7.26. The summed E-state index contributed by atoms with van der Waals surface area (Å²) in [5.41, 5.74) is 0.466. The van der Waals surface area contributed by atoms with Crippen LogP contribution in [0.4, 0.5) is 0 Å². The van der Waals surface area contributed by atoms with Crippen LogP contribution in [0.3, 0.4) is 0 Å². The van der Waals surface area contributed by atoms with E-state index in [1.54, 1.807) is 42.5 Å². The molecule has 0 saturated carbocycles. The van der Waals surface area contributed by atoms with Crippen molar-refractivity contribution in [3.05, 3.63) is 72.1 Å². The minimum absolute atomic E-state index is 0.0721. The molecule has 1 saturated heterocycles. The number of hydrogen-bond acceptors (Lipinski definition) is 7. The van der Waals surface area contributed by atoms with Gasteiger partial charge in [0.1, 0.15) is 5.75 Å². The third kappa shape index (κ3) is 3.33. The lowest BCUT2D eigenvalue weighted by Gasteiger charge is -2.45. The summed E-state index contributed by atoms with van der Waals surface area (Å²) in [5, 5.41) is 20.0. The summed E-state index contributed by atoms with van der Waals surface area (Å²) >= 11 is 0. The van der Waals surface area contributed by atoms with Gasteiger partial charge in [0.2, 0.25) is 11.4 Å². The highest BCUT2D eigenvalue weighted by molar-refractivity contribution is 7.78. The maximum atomic E-state index is 13.1. The number of pyridine rings is 1. The molecule has 0 spiro atoms. The van der Waals surface area contributed by atoms with Crippen molar-refractivity contribution in [2.75, 3.05) is 0 Å². The van der Waals surface area contributed by atoms with E-state index in [2.05, 4.69) is 11.3 Å².